The van der Waals surface area contributed by atoms with Crippen LogP contribution in [-0.4, -0.2) is 63.4 Å². The van der Waals surface area contributed by atoms with E-state index in [-0.39, 0.29) is 0 Å². The maximum Gasteiger partial charge on any atom is 0.252 e. The largest absolute Gasteiger partial charge is 0.356 e. The first-order valence-corrected chi connectivity index (χ1v) is 11.7. The van der Waals surface area contributed by atoms with Crippen molar-refractivity contribution < 1.29 is 8.42 Å². The number of thiophene rings is 1. The minimum absolute atomic E-state index is 0.436. The molecule has 1 saturated heterocycles. The van der Waals surface area contributed by atoms with Crippen molar-refractivity contribution >= 4 is 27.3 Å². The summed E-state index contributed by atoms with van der Waals surface area (Å²) in [5.41, 5.74) is 0. The van der Waals surface area contributed by atoms with Crippen LogP contribution in [0.15, 0.2) is 21.3 Å². The third kappa shape index (κ3) is 5.20. The molecule has 0 spiro atoms. The summed E-state index contributed by atoms with van der Waals surface area (Å²) in [6.45, 7) is 9.86. The fraction of sp³-hybridized carbons (Fsp3) is 0.722. The Morgan fingerprint density at radius 3 is 2.73 bits per heavy atom. The molecule has 6 nitrogen and oxygen atoms in total. The Morgan fingerprint density at radius 2 is 2.12 bits per heavy atom. The molecular formula is C18H32N4O2S2. The lowest BCUT2D eigenvalue weighted by Gasteiger charge is -2.33. The molecule has 0 amide bonds. The number of piperidine rings is 1. The van der Waals surface area contributed by atoms with Crippen molar-refractivity contribution in [3.63, 3.8) is 0 Å². The molecular weight excluding hydrogens is 368 g/mol. The highest BCUT2D eigenvalue weighted by Crippen LogP contribution is 2.25. The van der Waals surface area contributed by atoms with Gasteiger partial charge in [-0.15, -0.1) is 11.3 Å². The minimum atomic E-state index is -3.35. The molecule has 1 aromatic rings. The first kappa shape index (κ1) is 21.2. The fourth-order valence-corrected chi connectivity index (χ4v) is 6.30. The van der Waals surface area contributed by atoms with Gasteiger partial charge in [0.1, 0.15) is 4.21 Å². The van der Waals surface area contributed by atoms with E-state index in [4.69, 9.17) is 0 Å². The number of guanidine groups is 1. The molecule has 0 aliphatic carbocycles. The van der Waals surface area contributed by atoms with Gasteiger partial charge in [-0.2, -0.15) is 4.31 Å². The summed E-state index contributed by atoms with van der Waals surface area (Å²) in [7, 11) is -1.53. The van der Waals surface area contributed by atoms with Crippen LogP contribution in [0, 0.1) is 5.92 Å². The number of hydrogen-bond donors (Lipinski definition) is 1. The number of nitrogens with one attached hydrogen (secondary N) is 1. The Labute approximate surface area is 162 Å². The van der Waals surface area contributed by atoms with Gasteiger partial charge in [-0.1, -0.05) is 20.8 Å². The SMILES string of the molecule is CCN(CC)S(=O)(=O)c1ccc(CCNC(=NC)N2CCCC(C)C2)s1. The summed E-state index contributed by atoms with van der Waals surface area (Å²) in [5, 5.41) is 3.42. The van der Waals surface area contributed by atoms with E-state index in [1.807, 2.05) is 27.0 Å². The molecule has 8 heteroatoms. The molecule has 1 unspecified atom stereocenters. The average molecular weight is 401 g/mol. The van der Waals surface area contributed by atoms with Gasteiger partial charge in [0.25, 0.3) is 10.0 Å². The molecule has 0 radical (unpaired) electrons. The van der Waals surface area contributed by atoms with Crippen LogP contribution in [-0.2, 0) is 16.4 Å². The highest BCUT2D eigenvalue weighted by Gasteiger charge is 2.23. The highest BCUT2D eigenvalue weighted by atomic mass is 32.2. The fourth-order valence-electron chi connectivity index (χ4n) is 3.33. The van der Waals surface area contributed by atoms with Crippen molar-refractivity contribution in [1.82, 2.24) is 14.5 Å². The maximum absolute atomic E-state index is 12.6. The first-order valence-electron chi connectivity index (χ1n) is 9.46. The smallest absolute Gasteiger partial charge is 0.252 e. The third-order valence-corrected chi connectivity index (χ3v) is 8.42. The van der Waals surface area contributed by atoms with Gasteiger partial charge < -0.3 is 10.2 Å². The van der Waals surface area contributed by atoms with Crippen LogP contribution in [0.1, 0.15) is 38.5 Å². The van der Waals surface area contributed by atoms with Crippen molar-refractivity contribution in [2.75, 3.05) is 39.8 Å². The molecule has 2 rings (SSSR count). The molecule has 0 aromatic carbocycles. The van der Waals surface area contributed by atoms with Gasteiger partial charge in [-0.3, -0.25) is 4.99 Å². The summed E-state index contributed by atoms with van der Waals surface area (Å²) in [6.07, 6.45) is 3.28. The predicted molar refractivity (Wildman–Crippen MR) is 109 cm³/mol. The Balaban J connectivity index is 1.91. The molecule has 0 bridgehead atoms. The van der Waals surface area contributed by atoms with Crippen molar-refractivity contribution in [2.24, 2.45) is 10.9 Å². The molecule has 26 heavy (non-hydrogen) atoms. The normalized spacial score (nSPS) is 19.2. The zero-order valence-corrected chi connectivity index (χ0v) is 18.0. The molecule has 1 aliphatic rings. The van der Waals surface area contributed by atoms with Crippen LogP contribution >= 0.6 is 11.3 Å². The summed E-state index contributed by atoms with van der Waals surface area (Å²) in [5.74, 6) is 1.65. The summed E-state index contributed by atoms with van der Waals surface area (Å²) in [6, 6.07) is 3.66. The van der Waals surface area contributed by atoms with Gasteiger partial charge in [0.2, 0.25) is 0 Å². The van der Waals surface area contributed by atoms with Crippen molar-refractivity contribution in [3.8, 4) is 0 Å². The van der Waals surface area contributed by atoms with E-state index in [2.05, 4.69) is 22.1 Å². The second kappa shape index (κ2) is 9.71. The number of aliphatic imine (C=N–C) groups is 1. The quantitative estimate of drug-likeness (QED) is 0.564. The number of hydrogen-bond acceptors (Lipinski definition) is 4. The molecule has 1 fully saturated rings. The number of likely N-dealkylation sites (tertiary alicyclic amines) is 1. The predicted octanol–water partition coefficient (Wildman–Crippen LogP) is 2.63. The van der Waals surface area contributed by atoms with Gasteiger partial charge in [-0.25, -0.2) is 8.42 Å². The van der Waals surface area contributed by atoms with Gasteiger partial charge in [-0.05, 0) is 37.3 Å². The highest BCUT2D eigenvalue weighted by molar-refractivity contribution is 7.91. The zero-order valence-electron chi connectivity index (χ0n) is 16.4. The van der Waals surface area contributed by atoms with E-state index in [0.29, 0.717) is 23.2 Å². The van der Waals surface area contributed by atoms with Crippen LogP contribution in [0.5, 0.6) is 0 Å². The first-order chi connectivity index (χ1) is 12.4. The average Bonchev–Trinajstić information content (AvgIpc) is 3.09. The maximum atomic E-state index is 12.6. The molecule has 2 heterocycles. The Kier molecular flexibility index (Phi) is 7.91. The Morgan fingerprint density at radius 1 is 1.38 bits per heavy atom. The lowest BCUT2D eigenvalue weighted by Crippen LogP contribution is -2.46. The van der Waals surface area contributed by atoms with E-state index in [1.54, 1.807) is 6.07 Å². The Bertz CT molecular complexity index is 696. The summed E-state index contributed by atoms with van der Waals surface area (Å²) in [4.78, 5) is 7.79. The monoisotopic (exact) mass is 400 g/mol. The van der Waals surface area contributed by atoms with Gasteiger partial charge in [0.15, 0.2) is 5.96 Å². The standard InChI is InChI=1S/C18H32N4O2S2/c1-5-22(6-2)26(23,24)17-10-9-16(25-17)11-12-20-18(19-4)21-13-7-8-15(3)14-21/h9-10,15H,5-8,11-14H2,1-4H3,(H,19,20). The zero-order chi connectivity index (χ0) is 19.2. The van der Waals surface area contributed by atoms with E-state index in [1.165, 1.54) is 28.5 Å². The number of rotatable bonds is 7. The van der Waals surface area contributed by atoms with Crippen molar-refractivity contribution in [1.29, 1.82) is 0 Å². The van der Waals surface area contributed by atoms with Crippen LogP contribution in [0.4, 0.5) is 0 Å². The molecule has 1 aromatic heterocycles. The minimum Gasteiger partial charge on any atom is -0.356 e. The lowest BCUT2D eigenvalue weighted by atomic mass is 10.0. The lowest BCUT2D eigenvalue weighted by molar-refractivity contribution is 0.266. The third-order valence-electron chi connectivity index (χ3n) is 4.76. The molecule has 1 atom stereocenters. The van der Waals surface area contributed by atoms with Crippen molar-refractivity contribution in [2.45, 2.75) is 44.2 Å². The molecule has 0 saturated carbocycles. The molecule has 148 valence electrons. The van der Waals surface area contributed by atoms with Crippen LogP contribution in [0.3, 0.4) is 0 Å². The second-order valence-corrected chi connectivity index (χ2v) is 10.1. The topological polar surface area (TPSA) is 65.0 Å². The van der Waals surface area contributed by atoms with Gasteiger partial charge >= 0.3 is 0 Å². The van der Waals surface area contributed by atoms with Crippen molar-refractivity contribution in [3.05, 3.63) is 17.0 Å². The van der Waals surface area contributed by atoms with Crippen LogP contribution in [0.25, 0.3) is 0 Å². The Hall–Kier alpha value is -1.12. The second-order valence-electron chi connectivity index (χ2n) is 6.73. The summed E-state index contributed by atoms with van der Waals surface area (Å²) >= 11 is 1.37. The molecule has 1 aliphatic heterocycles. The molecule has 1 N–H and O–H groups in total. The summed E-state index contributed by atoms with van der Waals surface area (Å²) < 4.78 is 27.1. The van der Waals surface area contributed by atoms with Crippen LogP contribution < -0.4 is 5.32 Å². The van der Waals surface area contributed by atoms with E-state index >= 15 is 0 Å². The van der Waals surface area contributed by atoms with Gasteiger partial charge in [0, 0.05) is 44.6 Å². The van der Waals surface area contributed by atoms with E-state index in [0.717, 1.165) is 36.9 Å². The number of nitrogens with zero attached hydrogens (tertiary/aromatic N) is 3. The van der Waals surface area contributed by atoms with E-state index < -0.39 is 10.0 Å². The van der Waals surface area contributed by atoms with E-state index in [9.17, 15) is 8.42 Å². The van der Waals surface area contributed by atoms with Gasteiger partial charge in [0.05, 0.1) is 0 Å². The van der Waals surface area contributed by atoms with Crippen LogP contribution in [0.2, 0.25) is 0 Å². The number of sulfonamides is 1.